The molecular weight excluding hydrogens is 390 g/mol. The highest BCUT2D eigenvalue weighted by molar-refractivity contribution is 5.92. The van der Waals surface area contributed by atoms with E-state index in [1.54, 1.807) is 11.8 Å². The van der Waals surface area contributed by atoms with Crippen LogP contribution in [0.3, 0.4) is 0 Å². The molecule has 0 atom stereocenters. The number of fused-ring (bicyclic) bond motifs is 1. The third-order valence-corrected chi connectivity index (χ3v) is 5.69. The number of hydrogen-bond acceptors (Lipinski definition) is 8. The Morgan fingerprint density at radius 2 is 2.10 bits per heavy atom. The number of carbonyl (C=O) groups excluding carboxylic acids is 1. The molecule has 2 aliphatic rings. The fourth-order valence-electron chi connectivity index (χ4n) is 3.89. The predicted octanol–water partition coefficient (Wildman–Crippen LogP) is 1.72. The van der Waals surface area contributed by atoms with Crippen LogP contribution < -0.4 is 0 Å². The van der Waals surface area contributed by atoms with Gasteiger partial charge in [-0.1, -0.05) is 5.21 Å². The van der Waals surface area contributed by atoms with E-state index in [0.29, 0.717) is 57.5 Å². The van der Waals surface area contributed by atoms with Crippen molar-refractivity contribution >= 4 is 5.91 Å². The molecule has 164 valence electrons. The normalized spacial score (nSPS) is 18.2. The van der Waals surface area contributed by atoms with Crippen molar-refractivity contribution in [1.82, 2.24) is 24.9 Å². The second kappa shape index (κ2) is 8.83. The maximum atomic E-state index is 12.6. The summed E-state index contributed by atoms with van der Waals surface area (Å²) in [4.78, 5) is 18.5. The zero-order valence-corrected chi connectivity index (χ0v) is 17.8. The van der Waals surface area contributed by atoms with Gasteiger partial charge in [0.15, 0.2) is 6.39 Å². The Morgan fingerprint density at radius 3 is 2.80 bits per heavy atom. The minimum absolute atomic E-state index is 0.113. The first-order valence-corrected chi connectivity index (χ1v) is 10.4. The van der Waals surface area contributed by atoms with Gasteiger partial charge in [0.1, 0.15) is 5.69 Å². The third-order valence-electron chi connectivity index (χ3n) is 5.69. The van der Waals surface area contributed by atoms with Gasteiger partial charge in [0, 0.05) is 13.1 Å². The average molecular weight is 419 g/mol. The number of carbonyl (C=O) groups is 1. The van der Waals surface area contributed by atoms with Gasteiger partial charge in [-0.25, -0.2) is 9.67 Å². The molecule has 10 heteroatoms. The lowest BCUT2D eigenvalue weighted by Crippen LogP contribution is -2.52. The number of aromatic nitrogens is 4. The van der Waals surface area contributed by atoms with E-state index < -0.39 is 0 Å². The number of oxazole rings is 1. The summed E-state index contributed by atoms with van der Waals surface area (Å²) in [5.41, 5.74) is 2.06. The summed E-state index contributed by atoms with van der Waals surface area (Å²) in [5.74, 6) is 0.204. The van der Waals surface area contributed by atoms with Crippen molar-refractivity contribution in [2.45, 2.75) is 65.1 Å². The lowest BCUT2D eigenvalue weighted by atomic mass is 9.89. The standard InChI is InChI=1S/C20H29N5O5/c1-14(2)28-9-8-27-10-16-17-11-30-20(12-25(17)23-22-16)4-6-24(7-5-20)19(26)18-15(3)21-13-29-18/h13-14H,4-12H2,1-3H3. The van der Waals surface area contributed by atoms with Crippen LogP contribution in [0.4, 0.5) is 0 Å². The van der Waals surface area contributed by atoms with Crippen LogP contribution >= 0.6 is 0 Å². The second-order valence-corrected chi connectivity index (χ2v) is 8.14. The van der Waals surface area contributed by atoms with Gasteiger partial charge >= 0.3 is 0 Å². The van der Waals surface area contributed by atoms with Crippen molar-refractivity contribution in [3.63, 3.8) is 0 Å². The fourth-order valence-corrected chi connectivity index (χ4v) is 3.89. The highest BCUT2D eigenvalue weighted by Gasteiger charge is 2.42. The molecular formula is C20H29N5O5. The molecule has 2 aliphatic heterocycles. The number of rotatable bonds is 7. The lowest BCUT2D eigenvalue weighted by Gasteiger charge is -2.43. The molecule has 0 unspecified atom stereocenters. The highest BCUT2D eigenvalue weighted by atomic mass is 16.5. The second-order valence-electron chi connectivity index (χ2n) is 8.14. The minimum atomic E-state index is -0.322. The zero-order valence-electron chi connectivity index (χ0n) is 17.8. The van der Waals surface area contributed by atoms with E-state index in [1.165, 1.54) is 6.39 Å². The lowest BCUT2D eigenvalue weighted by molar-refractivity contribution is -0.120. The molecule has 4 heterocycles. The smallest absolute Gasteiger partial charge is 0.291 e. The molecule has 1 spiro atoms. The molecule has 4 rings (SSSR count). The number of piperidine rings is 1. The van der Waals surface area contributed by atoms with E-state index in [4.69, 9.17) is 18.6 Å². The minimum Gasteiger partial charge on any atom is -0.438 e. The largest absolute Gasteiger partial charge is 0.438 e. The van der Waals surface area contributed by atoms with Crippen molar-refractivity contribution in [2.24, 2.45) is 0 Å². The Kier molecular flexibility index (Phi) is 6.16. The first-order valence-electron chi connectivity index (χ1n) is 10.4. The van der Waals surface area contributed by atoms with Crippen molar-refractivity contribution < 1.29 is 23.4 Å². The number of nitrogens with zero attached hydrogens (tertiary/aromatic N) is 5. The van der Waals surface area contributed by atoms with Crippen LogP contribution in [0, 0.1) is 6.92 Å². The number of ether oxygens (including phenoxy) is 3. The van der Waals surface area contributed by atoms with Crippen LogP contribution in [0.2, 0.25) is 0 Å². The van der Waals surface area contributed by atoms with Gasteiger partial charge in [0.25, 0.3) is 5.91 Å². The predicted molar refractivity (Wildman–Crippen MR) is 105 cm³/mol. The molecule has 1 amide bonds. The van der Waals surface area contributed by atoms with Crippen LogP contribution in [-0.4, -0.2) is 68.8 Å². The first kappa shape index (κ1) is 21.0. The average Bonchev–Trinajstić information content (AvgIpc) is 3.33. The molecule has 0 aliphatic carbocycles. The molecule has 0 aromatic carbocycles. The molecule has 2 aromatic heterocycles. The molecule has 0 N–H and O–H groups in total. The molecule has 0 radical (unpaired) electrons. The van der Waals surface area contributed by atoms with Crippen LogP contribution in [0.1, 0.15) is 54.3 Å². The molecule has 1 saturated heterocycles. The van der Waals surface area contributed by atoms with E-state index in [-0.39, 0.29) is 17.6 Å². The monoisotopic (exact) mass is 419 g/mol. The molecule has 30 heavy (non-hydrogen) atoms. The Hall–Kier alpha value is -2.30. The summed E-state index contributed by atoms with van der Waals surface area (Å²) in [7, 11) is 0. The quantitative estimate of drug-likeness (QED) is 0.625. The maximum absolute atomic E-state index is 12.6. The summed E-state index contributed by atoms with van der Waals surface area (Å²) < 4.78 is 24.6. The molecule has 10 nitrogen and oxygen atoms in total. The summed E-state index contributed by atoms with van der Waals surface area (Å²) in [6.07, 6.45) is 2.98. The van der Waals surface area contributed by atoms with E-state index in [2.05, 4.69) is 15.3 Å². The number of aryl methyl sites for hydroxylation is 1. The molecule has 1 fully saturated rings. The van der Waals surface area contributed by atoms with Crippen molar-refractivity contribution in [3.05, 3.63) is 29.2 Å². The van der Waals surface area contributed by atoms with Crippen molar-refractivity contribution in [1.29, 1.82) is 0 Å². The SMILES string of the molecule is Cc1ncoc1C(=O)N1CCC2(CC1)Cn1nnc(COCCOC(C)C)c1CO2. The zero-order chi connectivity index (χ0) is 21.1. The van der Waals surface area contributed by atoms with Gasteiger partial charge in [0.05, 0.1) is 56.1 Å². The van der Waals surface area contributed by atoms with E-state index in [0.717, 1.165) is 24.2 Å². The third kappa shape index (κ3) is 4.40. The van der Waals surface area contributed by atoms with Gasteiger partial charge in [-0.15, -0.1) is 5.10 Å². The summed E-state index contributed by atoms with van der Waals surface area (Å²) in [6, 6.07) is 0. The van der Waals surface area contributed by atoms with Gasteiger partial charge in [-0.2, -0.15) is 0 Å². The molecule has 2 aromatic rings. The maximum Gasteiger partial charge on any atom is 0.291 e. The van der Waals surface area contributed by atoms with Crippen LogP contribution in [0.15, 0.2) is 10.8 Å². The number of likely N-dealkylation sites (tertiary alicyclic amines) is 1. The Morgan fingerprint density at radius 1 is 1.30 bits per heavy atom. The Labute approximate surface area is 175 Å². The number of hydrogen-bond donors (Lipinski definition) is 0. The van der Waals surface area contributed by atoms with E-state index >= 15 is 0 Å². The molecule has 0 saturated carbocycles. The Balaban J connectivity index is 1.30. The van der Waals surface area contributed by atoms with Crippen LogP contribution in [-0.2, 0) is 34.0 Å². The van der Waals surface area contributed by atoms with Crippen molar-refractivity contribution in [2.75, 3.05) is 26.3 Å². The van der Waals surface area contributed by atoms with Crippen LogP contribution in [0.25, 0.3) is 0 Å². The van der Waals surface area contributed by atoms with E-state index in [9.17, 15) is 4.79 Å². The van der Waals surface area contributed by atoms with E-state index in [1.807, 2.05) is 18.5 Å². The van der Waals surface area contributed by atoms with Gasteiger partial charge in [0.2, 0.25) is 5.76 Å². The molecule has 0 bridgehead atoms. The summed E-state index contributed by atoms with van der Waals surface area (Å²) in [5, 5.41) is 8.59. The topological polar surface area (TPSA) is 105 Å². The summed E-state index contributed by atoms with van der Waals surface area (Å²) in [6.45, 7) is 9.54. The highest BCUT2D eigenvalue weighted by Crippen LogP contribution is 2.34. The van der Waals surface area contributed by atoms with Gasteiger partial charge in [-0.3, -0.25) is 4.79 Å². The fraction of sp³-hybridized carbons (Fsp3) is 0.700. The van der Waals surface area contributed by atoms with Gasteiger partial charge in [-0.05, 0) is 33.6 Å². The summed E-state index contributed by atoms with van der Waals surface area (Å²) >= 11 is 0. The van der Waals surface area contributed by atoms with Gasteiger partial charge < -0.3 is 23.5 Å². The van der Waals surface area contributed by atoms with Crippen LogP contribution in [0.5, 0.6) is 0 Å². The first-order chi connectivity index (χ1) is 14.5. The van der Waals surface area contributed by atoms with Crippen molar-refractivity contribution in [3.8, 4) is 0 Å². The Bertz CT molecular complexity index is 869. The number of amides is 1.